The van der Waals surface area contributed by atoms with Gasteiger partial charge in [-0.2, -0.15) is 0 Å². The lowest BCUT2D eigenvalue weighted by molar-refractivity contribution is -0.123. The Labute approximate surface area is 168 Å². The number of benzene rings is 1. The van der Waals surface area contributed by atoms with Crippen molar-refractivity contribution < 1.29 is 4.79 Å². The Bertz CT molecular complexity index is 762. The summed E-state index contributed by atoms with van der Waals surface area (Å²) in [5.74, 6) is 0.651. The summed E-state index contributed by atoms with van der Waals surface area (Å²) in [4.78, 5) is 19.2. The van der Waals surface area contributed by atoms with Gasteiger partial charge in [-0.25, -0.2) is 4.98 Å². The highest BCUT2D eigenvalue weighted by Crippen LogP contribution is 2.19. The fraction of sp³-hybridized carbons (Fsp3) is 0.478. The molecule has 3 rings (SSSR count). The van der Waals surface area contributed by atoms with Gasteiger partial charge in [0.05, 0.1) is 0 Å². The molecule has 1 aliphatic rings. The Morgan fingerprint density at radius 1 is 1.11 bits per heavy atom. The highest BCUT2D eigenvalue weighted by molar-refractivity contribution is 5.94. The van der Waals surface area contributed by atoms with E-state index in [-0.39, 0.29) is 5.91 Å². The zero-order valence-corrected chi connectivity index (χ0v) is 17.2. The molecule has 2 aromatic rings. The Kier molecular flexibility index (Phi) is 6.81. The number of nitrogens with zero attached hydrogens (tertiary/aromatic N) is 2. The maximum atomic E-state index is 12.3. The molecule has 1 aromatic carbocycles. The van der Waals surface area contributed by atoms with Crippen LogP contribution in [0.1, 0.15) is 44.7 Å². The van der Waals surface area contributed by atoms with Gasteiger partial charge in [-0.15, -0.1) is 0 Å². The van der Waals surface area contributed by atoms with Gasteiger partial charge in [0.2, 0.25) is 5.91 Å². The smallest absolute Gasteiger partial charge is 0.230 e. The van der Waals surface area contributed by atoms with E-state index in [9.17, 15) is 4.79 Å². The largest absolute Gasteiger partial charge is 0.310 e. The fourth-order valence-electron chi connectivity index (χ4n) is 3.38. The molecule has 0 bridgehead atoms. The number of amides is 1. The third-order valence-corrected chi connectivity index (χ3v) is 5.22. The van der Waals surface area contributed by atoms with E-state index in [1.807, 2.05) is 32.9 Å². The maximum absolute atomic E-state index is 12.3. The van der Waals surface area contributed by atoms with E-state index in [0.29, 0.717) is 11.9 Å². The number of likely N-dealkylation sites (tertiary alicyclic amines) is 1. The minimum atomic E-state index is -0.437. The second-order valence-electron chi connectivity index (χ2n) is 8.63. The van der Waals surface area contributed by atoms with Crippen molar-refractivity contribution >= 4 is 11.7 Å². The summed E-state index contributed by atoms with van der Waals surface area (Å²) < 4.78 is 0. The van der Waals surface area contributed by atoms with Gasteiger partial charge >= 0.3 is 0 Å². The number of anilines is 1. The minimum absolute atomic E-state index is 0.0123. The van der Waals surface area contributed by atoms with Gasteiger partial charge in [-0.3, -0.25) is 9.69 Å². The van der Waals surface area contributed by atoms with Gasteiger partial charge in [0.15, 0.2) is 0 Å². The molecule has 2 N–H and O–H groups in total. The average molecular weight is 381 g/mol. The lowest BCUT2D eigenvalue weighted by Gasteiger charge is -2.32. The molecule has 150 valence electrons. The van der Waals surface area contributed by atoms with Gasteiger partial charge in [0, 0.05) is 36.3 Å². The highest BCUT2D eigenvalue weighted by atomic mass is 16.2. The second kappa shape index (κ2) is 9.30. The summed E-state index contributed by atoms with van der Waals surface area (Å²) in [6.45, 7) is 9.68. The molecule has 0 radical (unpaired) electrons. The summed E-state index contributed by atoms with van der Waals surface area (Å²) >= 11 is 0. The first kappa shape index (κ1) is 20.5. The van der Waals surface area contributed by atoms with Crippen LogP contribution in [0.15, 0.2) is 48.7 Å². The standard InChI is InChI=1S/C23H32N4O/c1-23(2,3)22(28)26-21-19(10-7-13-24-21)16-25-20-11-14-27(15-12-20)17-18-8-5-4-6-9-18/h4-10,13,20,25H,11-12,14-17H2,1-3H3,(H,24,26,28). The normalized spacial score (nSPS) is 16.1. The Morgan fingerprint density at radius 3 is 2.50 bits per heavy atom. The van der Waals surface area contributed by atoms with Gasteiger partial charge in [-0.05, 0) is 37.6 Å². The second-order valence-corrected chi connectivity index (χ2v) is 8.63. The SMILES string of the molecule is CC(C)(C)C(=O)Nc1ncccc1CNC1CCN(Cc2ccccc2)CC1. The van der Waals surface area contributed by atoms with Crippen molar-refractivity contribution in [3.8, 4) is 0 Å². The van der Waals surface area contributed by atoms with Crippen molar-refractivity contribution in [1.82, 2.24) is 15.2 Å². The average Bonchev–Trinajstić information content (AvgIpc) is 2.68. The predicted molar refractivity (Wildman–Crippen MR) is 114 cm³/mol. The van der Waals surface area contributed by atoms with Crippen LogP contribution in [0.2, 0.25) is 0 Å². The lowest BCUT2D eigenvalue weighted by atomic mass is 9.95. The van der Waals surface area contributed by atoms with E-state index in [1.54, 1.807) is 6.20 Å². The molecule has 0 spiro atoms. The molecule has 0 saturated carbocycles. The number of carbonyl (C=O) groups excluding carboxylic acids is 1. The molecule has 0 unspecified atom stereocenters. The first-order chi connectivity index (χ1) is 13.4. The minimum Gasteiger partial charge on any atom is -0.310 e. The Balaban J connectivity index is 1.48. The molecular weight excluding hydrogens is 348 g/mol. The third kappa shape index (κ3) is 5.88. The number of piperidine rings is 1. The van der Waals surface area contributed by atoms with Gasteiger partial charge < -0.3 is 10.6 Å². The maximum Gasteiger partial charge on any atom is 0.230 e. The summed E-state index contributed by atoms with van der Waals surface area (Å²) in [7, 11) is 0. The molecule has 1 saturated heterocycles. The van der Waals surface area contributed by atoms with Crippen LogP contribution in [-0.2, 0) is 17.9 Å². The molecule has 5 nitrogen and oxygen atoms in total. The van der Waals surface area contributed by atoms with E-state index in [2.05, 4.69) is 50.8 Å². The van der Waals surface area contributed by atoms with Crippen molar-refractivity contribution in [2.24, 2.45) is 5.41 Å². The molecule has 28 heavy (non-hydrogen) atoms. The van der Waals surface area contributed by atoms with Crippen molar-refractivity contribution in [2.75, 3.05) is 18.4 Å². The van der Waals surface area contributed by atoms with Crippen LogP contribution >= 0.6 is 0 Å². The van der Waals surface area contributed by atoms with Crippen LogP contribution in [0.3, 0.4) is 0 Å². The summed E-state index contributed by atoms with van der Waals surface area (Å²) in [6, 6.07) is 15.1. The molecule has 2 heterocycles. The molecule has 1 fully saturated rings. The number of pyridine rings is 1. The van der Waals surface area contributed by atoms with Crippen LogP contribution in [0.25, 0.3) is 0 Å². The van der Waals surface area contributed by atoms with E-state index in [4.69, 9.17) is 0 Å². The number of hydrogen-bond donors (Lipinski definition) is 2. The number of aromatic nitrogens is 1. The topological polar surface area (TPSA) is 57.3 Å². The molecule has 5 heteroatoms. The van der Waals surface area contributed by atoms with Crippen molar-refractivity contribution in [3.05, 3.63) is 59.8 Å². The molecule has 1 aliphatic heterocycles. The van der Waals surface area contributed by atoms with E-state index in [1.165, 1.54) is 5.56 Å². The Hall–Kier alpha value is -2.24. The third-order valence-electron chi connectivity index (χ3n) is 5.22. The molecule has 1 aromatic heterocycles. The van der Waals surface area contributed by atoms with E-state index in [0.717, 1.165) is 44.6 Å². The van der Waals surface area contributed by atoms with Gasteiger partial charge in [0.25, 0.3) is 0 Å². The van der Waals surface area contributed by atoms with Crippen LogP contribution in [0, 0.1) is 5.41 Å². The summed E-state index contributed by atoms with van der Waals surface area (Å²) in [5.41, 5.74) is 1.98. The molecular formula is C23H32N4O. The van der Waals surface area contributed by atoms with Crippen LogP contribution < -0.4 is 10.6 Å². The molecule has 1 amide bonds. The van der Waals surface area contributed by atoms with Gasteiger partial charge in [0.1, 0.15) is 5.82 Å². The summed E-state index contributed by atoms with van der Waals surface area (Å²) in [6.07, 6.45) is 4.00. The van der Waals surface area contributed by atoms with Crippen molar-refractivity contribution in [1.29, 1.82) is 0 Å². The zero-order valence-electron chi connectivity index (χ0n) is 17.2. The zero-order chi connectivity index (χ0) is 20.0. The fourth-order valence-corrected chi connectivity index (χ4v) is 3.38. The van der Waals surface area contributed by atoms with Crippen molar-refractivity contribution in [3.63, 3.8) is 0 Å². The quantitative estimate of drug-likeness (QED) is 0.800. The van der Waals surface area contributed by atoms with Crippen molar-refractivity contribution in [2.45, 2.75) is 52.7 Å². The summed E-state index contributed by atoms with van der Waals surface area (Å²) in [5, 5.41) is 6.63. The first-order valence-corrected chi connectivity index (χ1v) is 10.2. The highest BCUT2D eigenvalue weighted by Gasteiger charge is 2.23. The lowest BCUT2D eigenvalue weighted by Crippen LogP contribution is -2.42. The molecule has 0 aliphatic carbocycles. The monoisotopic (exact) mass is 380 g/mol. The number of hydrogen-bond acceptors (Lipinski definition) is 4. The molecule has 0 atom stereocenters. The van der Waals surface area contributed by atoms with Gasteiger partial charge in [-0.1, -0.05) is 57.2 Å². The first-order valence-electron chi connectivity index (χ1n) is 10.2. The number of rotatable bonds is 6. The van der Waals surface area contributed by atoms with Crippen LogP contribution in [-0.4, -0.2) is 34.9 Å². The number of nitrogens with one attached hydrogen (secondary N) is 2. The number of carbonyl (C=O) groups is 1. The van der Waals surface area contributed by atoms with E-state index >= 15 is 0 Å². The Morgan fingerprint density at radius 2 is 1.82 bits per heavy atom. The van der Waals surface area contributed by atoms with Crippen LogP contribution in [0.5, 0.6) is 0 Å². The predicted octanol–water partition coefficient (Wildman–Crippen LogP) is 3.82. The van der Waals surface area contributed by atoms with E-state index < -0.39 is 5.41 Å². The van der Waals surface area contributed by atoms with Crippen LogP contribution in [0.4, 0.5) is 5.82 Å².